The highest BCUT2D eigenvalue weighted by atomic mass is 16.5. The standard InChI is InChI=1S/C13H21N3O/c1-3-12-10(4-5-17-12)8-16-13-6-11(14)9(2)7-15-13/h6-7,10,12H,3-5,8H2,1-2H3,(H3,14,15,16). The van der Waals surface area contributed by atoms with E-state index in [1.54, 1.807) is 6.20 Å². The third-order valence-corrected chi connectivity index (χ3v) is 3.44. The summed E-state index contributed by atoms with van der Waals surface area (Å²) in [5, 5.41) is 3.35. The quantitative estimate of drug-likeness (QED) is 0.840. The van der Waals surface area contributed by atoms with Gasteiger partial charge in [-0.3, -0.25) is 0 Å². The Kier molecular flexibility index (Phi) is 3.84. The van der Waals surface area contributed by atoms with Crippen molar-refractivity contribution in [3.63, 3.8) is 0 Å². The topological polar surface area (TPSA) is 60.2 Å². The fraction of sp³-hybridized carbons (Fsp3) is 0.615. The van der Waals surface area contributed by atoms with Gasteiger partial charge in [0.2, 0.25) is 0 Å². The Bertz CT molecular complexity index is 381. The molecule has 1 fully saturated rings. The first-order valence-electron chi connectivity index (χ1n) is 6.28. The minimum Gasteiger partial charge on any atom is -0.398 e. The number of nitrogens with two attached hydrogens (primary N) is 1. The van der Waals surface area contributed by atoms with Crippen molar-refractivity contribution in [1.29, 1.82) is 0 Å². The Morgan fingerprint density at radius 2 is 2.41 bits per heavy atom. The van der Waals surface area contributed by atoms with Crippen LogP contribution in [0.4, 0.5) is 11.5 Å². The lowest BCUT2D eigenvalue weighted by molar-refractivity contribution is 0.0900. The minimum atomic E-state index is 0.394. The van der Waals surface area contributed by atoms with Crippen molar-refractivity contribution in [2.24, 2.45) is 5.92 Å². The van der Waals surface area contributed by atoms with Gasteiger partial charge in [0.05, 0.1) is 6.10 Å². The van der Waals surface area contributed by atoms with E-state index in [0.717, 1.165) is 43.1 Å². The van der Waals surface area contributed by atoms with E-state index in [2.05, 4.69) is 17.2 Å². The summed E-state index contributed by atoms with van der Waals surface area (Å²) in [5.74, 6) is 1.44. The van der Waals surface area contributed by atoms with Crippen molar-refractivity contribution in [2.45, 2.75) is 32.8 Å². The maximum Gasteiger partial charge on any atom is 0.127 e. The van der Waals surface area contributed by atoms with Gasteiger partial charge in [-0.05, 0) is 25.3 Å². The Labute approximate surface area is 103 Å². The van der Waals surface area contributed by atoms with Crippen LogP contribution in [0.25, 0.3) is 0 Å². The zero-order valence-electron chi connectivity index (χ0n) is 10.6. The zero-order chi connectivity index (χ0) is 12.3. The Morgan fingerprint density at radius 3 is 3.12 bits per heavy atom. The van der Waals surface area contributed by atoms with Gasteiger partial charge in [0.15, 0.2) is 0 Å². The van der Waals surface area contributed by atoms with Gasteiger partial charge in [-0.2, -0.15) is 0 Å². The summed E-state index contributed by atoms with van der Waals surface area (Å²) in [5.41, 5.74) is 7.66. The molecule has 0 spiro atoms. The smallest absolute Gasteiger partial charge is 0.127 e. The largest absolute Gasteiger partial charge is 0.398 e. The van der Waals surface area contributed by atoms with E-state index >= 15 is 0 Å². The molecule has 1 aromatic heterocycles. The predicted molar refractivity (Wildman–Crippen MR) is 70.0 cm³/mol. The molecular weight excluding hydrogens is 214 g/mol. The van der Waals surface area contributed by atoms with Crippen LogP contribution in [-0.4, -0.2) is 24.2 Å². The second kappa shape index (κ2) is 5.36. The number of ether oxygens (including phenoxy) is 1. The third-order valence-electron chi connectivity index (χ3n) is 3.44. The molecule has 2 rings (SSSR count). The van der Waals surface area contributed by atoms with Crippen LogP contribution in [0.15, 0.2) is 12.3 Å². The van der Waals surface area contributed by atoms with Crippen LogP contribution in [0.5, 0.6) is 0 Å². The van der Waals surface area contributed by atoms with Gasteiger partial charge in [-0.1, -0.05) is 6.92 Å². The molecule has 0 bridgehead atoms. The number of nitrogens with one attached hydrogen (secondary N) is 1. The molecule has 17 heavy (non-hydrogen) atoms. The lowest BCUT2D eigenvalue weighted by Gasteiger charge is -2.17. The molecular formula is C13H21N3O. The summed E-state index contributed by atoms with van der Waals surface area (Å²) < 4.78 is 5.66. The molecule has 2 unspecified atom stereocenters. The van der Waals surface area contributed by atoms with Crippen molar-refractivity contribution < 1.29 is 4.74 Å². The summed E-state index contributed by atoms with van der Waals surface area (Å²) in [6.07, 6.45) is 4.41. The first-order chi connectivity index (χ1) is 8.20. The molecule has 0 radical (unpaired) electrons. The summed E-state index contributed by atoms with van der Waals surface area (Å²) in [7, 11) is 0. The Balaban J connectivity index is 1.91. The van der Waals surface area contributed by atoms with Crippen molar-refractivity contribution in [2.75, 3.05) is 24.2 Å². The Morgan fingerprint density at radius 1 is 1.59 bits per heavy atom. The van der Waals surface area contributed by atoms with Gasteiger partial charge < -0.3 is 15.8 Å². The molecule has 1 saturated heterocycles. The van der Waals surface area contributed by atoms with Gasteiger partial charge in [-0.15, -0.1) is 0 Å². The molecule has 0 amide bonds. The summed E-state index contributed by atoms with van der Waals surface area (Å²) in [6, 6.07) is 1.89. The van der Waals surface area contributed by atoms with Crippen LogP contribution in [0.1, 0.15) is 25.3 Å². The maximum atomic E-state index is 5.85. The second-order valence-electron chi connectivity index (χ2n) is 4.67. The van der Waals surface area contributed by atoms with Crippen LogP contribution in [0, 0.1) is 12.8 Å². The molecule has 0 aliphatic carbocycles. The summed E-state index contributed by atoms with van der Waals surface area (Å²) >= 11 is 0. The monoisotopic (exact) mass is 235 g/mol. The summed E-state index contributed by atoms with van der Waals surface area (Å²) in [4.78, 5) is 4.32. The molecule has 1 aromatic rings. The zero-order valence-corrected chi connectivity index (χ0v) is 10.6. The van der Waals surface area contributed by atoms with Crippen LogP contribution in [0.3, 0.4) is 0 Å². The number of hydrogen-bond acceptors (Lipinski definition) is 4. The minimum absolute atomic E-state index is 0.394. The highest BCUT2D eigenvalue weighted by Crippen LogP contribution is 2.24. The number of aryl methyl sites for hydroxylation is 1. The number of nitrogen functional groups attached to an aromatic ring is 1. The average Bonchev–Trinajstić information content (AvgIpc) is 2.78. The molecule has 0 aromatic carbocycles. The molecule has 1 aliphatic rings. The van der Waals surface area contributed by atoms with Crippen molar-refractivity contribution >= 4 is 11.5 Å². The number of hydrogen-bond donors (Lipinski definition) is 2. The second-order valence-corrected chi connectivity index (χ2v) is 4.67. The predicted octanol–water partition coefficient (Wildman–Crippen LogP) is 2.20. The number of aromatic nitrogens is 1. The normalized spacial score (nSPS) is 23.9. The van der Waals surface area contributed by atoms with Gasteiger partial charge in [0.25, 0.3) is 0 Å². The van der Waals surface area contributed by atoms with Crippen LogP contribution in [0.2, 0.25) is 0 Å². The lowest BCUT2D eigenvalue weighted by Crippen LogP contribution is -2.23. The van der Waals surface area contributed by atoms with Gasteiger partial charge in [0, 0.05) is 37.0 Å². The van der Waals surface area contributed by atoms with Crippen molar-refractivity contribution in [1.82, 2.24) is 4.98 Å². The molecule has 94 valence electrons. The van der Waals surface area contributed by atoms with Gasteiger partial charge >= 0.3 is 0 Å². The van der Waals surface area contributed by atoms with Gasteiger partial charge in [-0.25, -0.2) is 4.98 Å². The molecule has 3 N–H and O–H groups in total. The first-order valence-corrected chi connectivity index (χ1v) is 6.28. The van der Waals surface area contributed by atoms with E-state index in [1.165, 1.54) is 0 Å². The molecule has 4 nitrogen and oxygen atoms in total. The van der Waals surface area contributed by atoms with Crippen LogP contribution in [-0.2, 0) is 4.74 Å². The molecule has 1 aliphatic heterocycles. The fourth-order valence-electron chi connectivity index (χ4n) is 2.25. The average molecular weight is 235 g/mol. The van der Waals surface area contributed by atoms with E-state index in [4.69, 9.17) is 10.5 Å². The lowest BCUT2D eigenvalue weighted by atomic mass is 10.00. The third kappa shape index (κ3) is 2.88. The maximum absolute atomic E-state index is 5.85. The highest BCUT2D eigenvalue weighted by molar-refractivity contribution is 5.53. The number of rotatable bonds is 4. The number of anilines is 2. The van der Waals surface area contributed by atoms with Crippen molar-refractivity contribution in [3.05, 3.63) is 17.8 Å². The first kappa shape index (κ1) is 12.2. The number of nitrogens with zero attached hydrogens (tertiary/aromatic N) is 1. The Hall–Kier alpha value is -1.29. The van der Waals surface area contributed by atoms with Crippen LogP contribution >= 0.6 is 0 Å². The SMILES string of the molecule is CCC1OCCC1CNc1cc(N)c(C)cn1. The van der Waals surface area contributed by atoms with E-state index in [-0.39, 0.29) is 0 Å². The van der Waals surface area contributed by atoms with E-state index < -0.39 is 0 Å². The summed E-state index contributed by atoms with van der Waals surface area (Å²) in [6.45, 7) is 5.93. The van der Waals surface area contributed by atoms with Gasteiger partial charge in [0.1, 0.15) is 5.82 Å². The molecule has 2 heterocycles. The van der Waals surface area contributed by atoms with Crippen LogP contribution < -0.4 is 11.1 Å². The van der Waals surface area contributed by atoms with E-state index in [9.17, 15) is 0 Å². The fourth-order valence-corrected chi connectivity index (χ4v) is 2.25. The molecule has 4 heteroatoms. The molecule has 2 atom stereocenters. The molecule has 0 saturated carbocycles. The van der Waals surface area contributed by atoms with E-state index in [1.807, 2.05) is 13.0 Å². The number of pyridine rings is 1. The highest BCUT2D eigenvalue weighted by Gasteiger charge is 2.26. The van der Waals surface area contributed by atoms with Crippen molar-refractivity contribution in [3.8, 4) is 0 Å². The van der Waals surface area contributed by atoms with E-state index in [0.29, 0.717) is 12.0 Å².